The number of sulfone groups is 1. The molecular weight excluding hydrogens is 372 g/mol. The van der Waals surface area contributed by atoms with E-state index < -0.39 is 9.84 Å². The van der Waals surface area contributed by atoms with Crippen molar-refractivity contribution in [2.75, 3.05) is 71.1 Å². The highest BCUT2D eigenvalue weighted by molar-refractivity contribution is 7.90. The fraction of sp³-hybridized carbons (Fsp3) is 0.882. The van der Waals surface area contributed by atoms with Gasteiger partial charge in [-0.25, -0.2) is 8.42 Å². The quantitative estimate of drug-likeness (QED) is 0.325. The lowest BCUT2D eigenvalue weighted by molar-refractivity contribution is -0.142. The first-order valence-electron chi connectivity index (χ1n) is 9.60. The van der Waals surface area contributed by atoms with Gasteiger partial charge in [-0.3, -0.25) is 9.79 Å². The molecule has 27 heavy (non-hydrogen) atoms. The maximum absolute atomic E-state index is 12.4. The van der Waals surface area contributed by atoms with Gasteiger partial charge in [0.05, 0.1) is 25.5 Å². The fourth-order valence-electron chi connectivity index (χ4n) is 3.07. The van der Waals surface area contributed by atoms with Gasteiger partial charge in [0.25, 0.3) is 5.91 Å². The van der Waals surface area contributed by atoms with Gasteiger partial charge >= 0.3 is 0 Å². The predicted octanol–water partition coefficient (Wildman–Crippen LogP) is -0.664. The molecule has 0 aliphatic carbocycles. The minimum atomic E-state index is -2.99. The first-order chi connectivity index (χ1) is 12.9. The average molecular weight is 405 g/mol. The molecule has 2 fully saturated rings. The second kappa shape index (κ2) is 10.8. The smallest absolute Gasteiger partial charge is 0.251 e. The molecule has 1 atom stereocenters. The number of guanidine groups is 1. The largest absolute Gasteiger partial charge is 0.378 e. The van der Waals surface area contributed by atoms with Crippen molar-refractivity contribution in [1.82, 2.24) is 15.1 Å². The molecule has 0 radical (unpaired) electrons. The van der Waals surface area contributed by atoms with E-state index in [2.05, 4.69) is 15.2 Å². The number of piperazine rings is 1. The molecule has 2 aliphatic rings. The molecule has 2 saturated heterocycles. The van der Waals surface area contributed by atoms with Crippen molar-refractivity contribution in [2.24, 2.45) is 4.99 Å². The van der Waals surface area contributed by atoms with Gasteiger partial charge in [-0.05, 0) is 19.8 Å². The third kappa shape index (κ3) is 7.63. The van der Waals surface area contributed by atoms with Gasteiger partial charge < -0.3 is 24.6 Å². The third-order valence-electron chi connectivity index (χ3n) is 4.53. The molecule has 2 aliphatic heterocycles. The maximum Gasteiger partial charge on any atom is 0.251 e. The van der Waals surface area contributed by atoms with Crippen LogP contribution in [0.15, 0.2) is 4.99 Å². The summed E-state index contributed by atoms with van der Waals surface area (Å²) in [5.74, 6) is 0.930. The molecule has 0 spiro atoms. The Balaban J connectivity index is 1.75. The summed E-state index contributed by atoms with van der Waals surface area (Å²) in [5, 5.41) is 3.26. The standard InChI is InChI=1S/C17H32N4O5S/c1-3-18-17(19-6-12-25-13-14-27(2,23)24)21-9-7-20(8-10-21)16(22)15-5-4-11-26-15/h15H,3-14H2,1-2H3,(H,18,19). The number of rotatable bonds is 8. The van der Waals surface area contributed by atoms with E-state index >= 15 is 0 Å². The summed E-state index contributed by atoms with van der Waals surface area (Å²) in [4.78, 5) is 21.0. The zero-order chi connectivity index (χ0) is 19.7. The Morgan fingerprint density at radius 2 is 1.93 bits per heavy atom. The number of aliphatic imine (C=N–C) groups is 1. The molecule has 9 nitrogen and oxygen atoms in total. The van der Waals surface area contributed by atoms with Crippen molar-refractivity contribution < 1.29 is 22.7 Å². The van der Waals surface area contributed by atoms with Gasteiger partial charge in [0, 0.05) is 45.6 Å². The molecule has 10 heteroatoms. The lowest BCUT2D eigenvalue weighted by atomic mass is 10.2. The molecule has 0 aromatic carbocycles. The Hall–Kier alpha value is -1.39. The number of ether oxygens (including phenoxy) is 2. The molecule has 1 amide bonds. The summed E-state index contributed by atoms with van der Waals surface area (Å²) >= 11 is 0. The monoisotopic (exact) mass is 404 g/mol. The number of amides is 1. The van der Waals surface area contributed by atoms with Crippen LogP contribution in [0.5, 0.6) is 0 Å². The Kier molecular flexibility index (Phi) is 8.78. The maximum atomic E-state index is 12.4. The van der Waals surface area contributed by atoms with Crippen LogP contribution in [0.25, 0.3) is 0 Å². The minimum Gasteiger partial charge on any atom is -0.378 e. The number of carbonyl (C=O) groups excluding carboxylic acids is 1. The van der Waals surface area contributed by atoms with E-state index in [-0.39, 0.29) is 24.4 Å². The molecule has 0 aromatic heterocycles. The summed E-state index contributed by atoms with van der Waals surface area (Å²) in [6.45, 7) is 7.23. The van der Waals surface area contributed by atoms with Crippen LogP contribution >= 0.6 is 0 Å². The van der Waals surface area contributed by atoms with Crippen LogP contribution in [-0.2, 0) is 24.1 Å². The van der Waals surface area contributed by atoms with Crippen molar-refractivity contribution in [3.63, 3.8) is 0 Å². The average Bonchev–Trinajstić information content (AvgIpc) is 3.17. The molecule has 2 rings (SSSR count). The second-order valence-electron chi connectivity index (χ2n) is 6.79. The lowest BCUT2D eigenvalue weighted by Gasteiger charge is -2.37. The third-order valence-corrected chi connectivity index (χ3v) is 5.43. The molecular formula is C17H32N4O5S. The molecule has 156 valence electrons. The fourth-order valence-corrected chi connectivity index (χ4v) is 3.49. The van der Waals surface area contributed by atoms with E-state index in [4.69, 9.17) is 9.47 Å². The van der Waals surface area contributed by atoms with E-state index in [1.54, 1.807) is 0 Å². The number of nitrogens with one attached hydrogen (secondary N) is 1. The highest BCUT2D eigenvalue weighted by atomic mass is 32.2. The van der Waals surface area contributed by atoms with Crippen LogP contribution in [0, 0.1) is 0 Å². The van der Waals surface area contributed by atoms with Crippen LogP contribution in [-0.4, -0.2) is 107 Å². The normalized spacial score (nSPS) is 21.6. The van der Waals surface area contributed by atoms with Crippen molar-refractivity contribution in [2.45, 2.75) is 25.9 Å². The summed E-state index contributed by atoms with van der Waals surface area (Å²) in [7, 11) is -2.99. The molecule has 0 aromatic rings. The summed E-state index contributed by atoms with van der Waals surface area (Å²) in [5.41, 5.74) is 0. The molecule has 0 bridgehead atoms. The molecule has 1 unspecified atom stereocenters. The van der Waals surface area contributed by atoms with Crippen molar-refractivity contribution in [3.8, 4) is 0 Å². The zero-order valence-corrected chi connectivity index (χ0v) is 17.2. The van der Waals surface area contributed by atoms with Gasteiger partial charge in [0.1, 0.15) is 15.9 Å². The highest BCUT2D eigenvalue weighted by Crippen LogP contribution is 2.16. The SMILES string of the molecule is CCNC(=NCCOCCS(C)(=O)=O)N1CCN(C(=O)C2CCCO2)CC1. The van der Waals surface area contributed by atoms with Gasteiger partial charge in [0.2, 0.25) is 0 Å². The van der Waals surface area contributed by atoms with Crippen molar-refractivity contribution in [1.29, 1.82) is 0 Å². The van der Waals surface area contributed by atoms with E-state index in [0.29, 0.717) is 32.8 Å². The van der Waals surface area contributed by atoms with Gasteiger partial charge in [-0.1, -0.05) is 0 Å². The van der Waals surface area contributed by atoms with E-state index in [9.17, 15) is 13.2 Å². The van der Waals surface area contributed by atoms with Crippen LogP contribution in [0.2, 0.25) is 0 Å². The summed E-state index contributed by atoms with van der Waals surface area (Å²) < 4.78 is 33.0. The highest BCUT2D eigenvalue weighted by Gasteiger charge is 2.30. The number of hydrogen-bond donors (Lipinski definition) is 1. The first kappa shape index (κ1) is 21.9. The Bertz CT molecular complexity index is 596. The Morgan fingerprint density at radius 1 is 1.22 bits per heavy atom. The first-order valence-corrected chi connectivity index (χ1v) is 11.7. The van der Waals surface area contributed by atoms with Crippen LogP contribution in [0.4, 0.5) is 0 Å². The van der Waals surface area contributed by atoms with Gasteiger partial charge in [-0.15, -0.1) is 0 Å². The van der Waals surface area contributed by atoms with Crippen LogP contribution in [0.3, 0.4) is 0 Å². The minimum absolute atomic E-state index is 0.0253. The number of nitrogens with zero attached hydrogens (tertiary/aromatic N) is 3. The topological polar surface area (TPSA) is 101 Å². The van der Waals surface area contributed by atoms with Crippen LogP contribution in [0.1, 0.15) is 19.8 Å². The summed E-state index contributed by atoms with van der Waals surface area (Å²) in [6, 6.07) is 0. The van der Waals surface area contributed by atoms with Crippen molar-refractivity contribution in [3.05, 3.63) is 0 Å². The summed E-state index contributed by atoms with van der Waals surface area (Å²) in [6.07, 6.45) is 2.71. The zero-order valence-electron chi connectivity index (χ0n) is 16.4. The van der Waals surface area contributed by atoms with Gasteiger partial charge in [0.15, 0.2) is 5.96 Å². The van der Waals surface area contributed by atoms with Gasteiger partial charge in [-0.2, -0.15) is 0 Å². The molecule has 0 saturated carbocycles. The number of carbonyl (C=O) groups is 1. The van der Waals surface area contributed by atoms with Crippen molar-refractivity contribution >= 4 is 21.7 Å². The Labute approximate surface area is 162 Å². The van der Waals surface area contributed by atoms with E-state index in [1.165, 1.54) is 6.26 Å². The second-order valence-corrected chi connectivity index (χ2v) is 9.05. The van der Waals surface area contributed by atoms with E-state index in [0.717, 1.165) is 38.4 Å². The molecule has 1 N–H and O–H groups in total. The van der Waals surface area contributed by atoms with Crippen LogP contribution < -0.4 is 5.32 Å². The Morgan fingerprint density at radius 3 is 2.52 bits per heavy atom. The lowest BCUT2D eigenvalue weighted by Crippen LogP contribution is -2.55. The predicted molar refractivity (Wildman–Crippen MR) is 104 cm³/mol. The number of hydrogen-bond acceptors (Lipinski definition) is 6. The van der Waals surface area contributed by atoms with E-state index in [1.807, 2.05) is 11.8 Å². The molecule has 2 heterocycles.